The zero-order chi connectivity index (χ0) is 13.3. The summed E-state index contributed by atoms with van der Waals surface area (Å²) in [4.78, 5) is 11.2. The highest BCUT2D eigenvalue weighted by Gasteiger charge is 2.12. The van der Waals surface area contributed by atoms with Crippen LogP contribution in [-0.2, 0) is 9.53 Å². The van der Waals surface area contributed by atoms with Crippen molar-refractivity contribution in [2.75, 3.05) is 6.61 Å². The lowest BCUT2D eigenvalue weighted by Gasteiger charge is -2.22. The number of ether oxygens (including phenoxy) is 1. The van der Waals surface area contributed by atoms with E-state index < -0.39 is 0 Å². The van der Waals surface area contributed by atoms with Crippen molar-refractivity contribution in [3.63, 3.8) is 0 Å². The molecule has 0 aromatic heterocycles. The molecular formula is C13H24N2O2. The summed E-state index contributed by atoms with van der Waals surface area (Å²) in [5, 5.41) is 4.26. The molecule has 0 aliphatic heterocycles. The Morgan fingerprint density at radius 2 is 2.12 bits per heavy atom. The minimum Gasteiger partial charge on any atom is -0.461 e. The highest BCUT2D eigenvalue weighted by molar-refractivity contribution is 5.85. The monoisotopic (exact) mass is 240 g/mol. The quantitative estimate of drug-likeness (QED) is 0.307. The summed E-state index contributed by atoms with van der Waals surface area (Å²) in [6.07, 6.45) is 3.52. The van der Waals surface area contributed by atoms with Gasteiger partial charge in [-0.1, -0.05) is 19.6 Å². The van der Waals surface area contributed by atoms with Gasteiger partial charge < -0.3 is 10.2 Å². The van der Waals surface area contributed by atoms with Crippen LogP contribution in [0.1, 0.15) is 47.0 Å². The van der Waals surface area contributed by atoms with Crippen LogP contribution in [0.4, 0.5) is 0 Å². The Kier molecular flexibility index (Phi) is 7.26. The number of rotatable bonds is 8. The molecule has 1 N–H and O–H groups in total. The van der Waals surface area contributed by atoms with E-state index in [0.717, 1.165) is 12.1 Å². The van der Waals surface area contributed by atoms with Crippen molar-refractivity contribution < 1.29 is 9.53 Å². The third kappa shape index (κ3) is 8.48. The van der Waals surface area contributed by atoms with Gasteiger partial charge in [-0.05, 0) is 33.6 Å². The molecule has 0 spiro atoms. The number of esters is 1. The van der Waals surface area contributed by atoms with E-state index in [-0.39, 0.29) is 18.1 Å². The maximum Gasteiger partial charge on any atom is 0.306 e. The van der Waals surface area contributed by atoms with Gasteiger partial charge in [0.2, 0.25) is 0 Å². The van der Waals surface area contributed by atoms with Crippen LogP contribution < -0.4 is 5.43 Å². The van der Waals surface area contributed by atoms with Crippen LogP contribution in [-0.4, -0.2) is 23.8 Å². The Bertz CT molecular complexity index is 283. The first-order chi connectivity index (χ1) is 7.91. The summed E-state index contributed by atoms with van der Waals surface area (Å²) >= 11 is 0. The van der Waals surface area contributed by atoms with Crippen LogP contribution in [0, 0.1) is 0 Å². The first kappa shape index (κ1) is 15.7. The van der Waals surface area contributed by atoms with Crippen LogP contribution in [0.2, 0.25) is 0 Å². The number of carbonyl (C=O) groups is 1. The summed E-state index contributed by atoms with van der Waals surface area (Å²) in [6, 6.07) is 0. The average Bonchev–Trinajstić information content (AvgIpc) is 2.31. The third-order valence-electron chi connectivity index (χ3n) is 2.49. The fourth-order valence-electron chi connectivity index (χ4n) is 0.889. The first-order valence-electron chi connectivity index (χ1n) is 5.98. The van der Waals surface area contributed by atoms with E-state index in [1.165, 1.54) is 0 Å². The van der Waals surface area contributed by atoms with Gasteiger partial charge >= 0.3 is 5.97 Å². The van der Waals surface area contributed by atoms with Gasteiger partial charge in [-0.2, -0.15) is 5.10 Å². The first-order valence-corrected chi connectivity index (χ1v) is 5.98. The fraction of sp³-hybridized carbons (Fsp3) is 0.692. The van der Waals surface area contributed by atoms with Crippen molar-refractivity contribution in [2.45, 2.75) is 52.5 Å². The molecule has 4 nitrogen and oxygen atoms in total. The summed E-state index contributed by atoms with van der Waals surface area (Å²) in [6.45, 7) is 11.9. The van der Waals surface area contributed by atoms with E-state index in [4.69, 9.17) is 4.74 Å². The maximum atomic E-state index is 11.2. The highest BCUT2D eigenvalue weighted by atomic mass is 16.5. The lowest BCUT2D eigenvalue weighted by molar-refractivity contribution is -0.142. The molecule has 0 aliphatic rings. The van der Waals surface area contributed by atoms with E-state index in [1.54, 1.807) is 6.08 Å². The van der Waals surface area contributed by atoms with Gasteiger partial charge in [0.25, 0.3) is 0 Å². The molecule has 4 heteroatoms. The van der Waals surface area contributed by atoms with Crippen molar-refractivity contribution in [3.05, 3.63) is 12.7 Å². The summed E-state index contributed by atoms with van der Waals surface area (Å²) in [7, 11) is 0. The third-order valence-corrected chi connectivity index (χ3v) is 2.49. The second kappa shape index (κ2) is 7.87. The molecule has 0 unspecified atom stereocenters. The van der Waals surface area contributed by atoms with Crippen molar-refractivity contribution in [1.29, 1.82) is 0 Å². The molecule has 0 saturated carbocycles. The van der Waals surface area contributed by atoms with E-state index in [1.807, 2.05) is 6.92 Å². The Labute approximate surface area is 104 Å². The van der Waals surface area contributed by atoms with E-state index in [2.05, 4.69) is 37.9 Å². The topological polar surface area (TPSA) is 50.7 Å². The van der Waals surface area contributed by atoms with Crippen LogP contribution >= 0.6 is 0 Å². The maximum absolute atomic E-state index is 11.2. The number of nitrogens with one attached hydrogen (secondary N) is 1. The molecular weight excluding hydrogens is 216 g/mol. The van der Waals surface area contributed by atoms with Crippen molar-refractivity contribution in [1.82, 2.24) is 5.43 Å². The molecule has 98 valence electrons. The van der Waals surface area contributed by atoms with Gasteiger partial charge in [-0.15, -0.1) is 0 Å². The number of hydrazone groups is 1. The number of nitrogens with zero attached hydrogens (tertiary/aromatic N) is 1. The smallest absolute Gasteiger partial charge is 0.306 e. The van der Waals surface area contributed by atoms with Crippen LogP contribution in [0.15, 0.2) is 17.8 Å². The Hall–Kier alpha value is -1.32. The van der Waals surface area contributed by atoms with E-state index >= 15 is 0 Å². The summed E-state index contributed by atoms with van der Waals surface area (Å²) in [5.74, 6) is -0.214. The minimum atomic E-state index is -0.214. The van der Waals surface area contributed by atoms with Crippen LogP contribution in [0.3, 0.4) is 0 Å². The molecule has 0 aromatic rings. The molecule has 0 radical (unpaired) electrons. The Balaban J connectivity index is 3.92. The van der Waals surface area contributed by atoms with Crippen molar-refractivity contribution in [2.24, 2.45) is 5.10 Å². The fourth-order valence-corrected chi connectivity index (χ4v) is 0.889. The van der Waals surface area contributed by atoms with E-state index in [9.17, 15) is 4.79 Å². The lowest BCUT2D eigenvalue weighted by Crippen LogP contribution is -2.35. The minimum absolute atomic E-state index is 0.00932. The number of hydrogen-bond acceptors (Lipinski definition) is 4. The normalized spacial score (nSPS) is 12.1. The van der Waals surface area contributed by atoms with Gasteiger partial charge in [-0.3, -0.25) is 4.79 Å². The molecule has 0 aliphatic carbocycles. The predicted molar refractivity (Wildman–Crippen MR) is 71.0 cm³/mol. The zero-order valence-electron chi connectivity index (χ0n) is 11.4. The standard InChI is InChI=1S/C13H24N2O2/c1-6-10-17-12(16)9-8-11(3)14-15-13(4,5)7-2/h6,15H,1,7-10H2,2-5H3. The molecule has 17 heavy (non-hydrogen) atoms. The molecule has 0 bridgehead atoms. The molecule has 0 amide bonds. The SMILES string of the molecule is C=CCOC(=O)CCC(C)=NNC(C)(C)CC. The molecule has 0 aromatic carbocycles. The molecule has 0 saturated heterocycles. The largest absolute Gasteiger partial charge is 0.461 e. The predicted octanol–water partition coefficient (Wildman–Crippen LogP) is 2.65. The number of hydrogen-bond donors (Lipinski definition) is 1. The van der Waals surface area contributed by atoms with Gasteiger partial charge in [0.1, 0.15) is 6.61 Å². The Morgan fingerprint density at radius 3 is 2.65 bits per heavy atom. The summed E-state index contributed by atoms with van der Waals surface area (Å²) < 4.78 is 4.88. The molecule has 0 rings (SSSR count). The van der Waals surface area contributed by atoms with E-state index in [0.29, 0.717) is 12.8 Å². The van der Waals surface area contributed by atoms with Gasteiger partial charge in [0.05, 0.1) is 6.42 Å². The van der Waals surface area contributed by atoms with Gasteiger partial charge in [-0.25, -0.2) is 0 Å². The van der Waals surface area contributed by atoms with Crippen molar-refractivity contribution >= 4 is 11.7 Å². The molecule has 0 atom stereocenters. The summed E-state index contributed by atoms with van der Waals surface area (Å²) in [5.41, 5.74) is 3.99. The zero-order valence-corrected chi connectivity index (χ0v) is 11.4. The van der Waals surface area contributed by atoms with Crippen molar-refractivity contribution in [3.8, 4) is 0 Å². The lowest BCUT2D eigenvalue weighted by atomic mass is 10.0. The second-order valence-corrected chi connectivity index (χ2v) is 4.67. The molecule has 0 heterocycles. The second-order valence-electron chi connectivity index (χ2n) is 4.67. The van der Waals surface area contributed by atoms with Crippen LogP contribution in [0.25, 0.3) is 0 Å². The van der Waals surface area contributed by atoms with Gasteiger partial charge in [0.15, 0.2) is 0 Å². The van der Waals surface area contributed by atoms with Gasteiger partial charge in [0, 0.05) is 11.3 Å². The number of carbonyl (C=O) groups excluding carboxylic acids is 1. The molecule has 0 fully saturated rings. The Morgan fingerprint density at radius 1 is 1.47 bits per heavy atom. The van der Waals surface area contributed by atoms with Crippen LogP contribution in [0.5, 0.6) is 0 Å². The average molecular weight is 240 g/mol. The highest BCUT2D eigenvalue weighted by Crippen LogP contribution is 2.06.